The SMILES string of the molecule is CN(Cc1cscn1)c1cnccc1C#N. The minimum atomic E-state index is 0.632. The van der Waals surface area contributed by atoms with Crippen LogP contribution in [0, 0.1) is 11.3 Å². The maximum Gasteiger partial charge on any atom is 0.101 e. The van der Waals surface area contributed by atoms with Gasteiger partial charge in [0.2, 0.25) is 0 Å². The highest BCUT2D eigenvalue weighted by Crippen LogP contribution is 2.18. The third kappa shape index (κ3) is 2.18. The Bertz CT molecular complexity index is 501. The number of nitriles is 1. The number of thiazole rings is 1. The van der Waals surface area contributed by atoms with Crippen molar-refractivity contribution in [3.05, 3.63) is 40.6 Å². The van der Waals surface area contributed by atoms with Gasteiger partial charge in [-0.25, -0.2) is 4.98 Å². The Kier molecular flexibility index (Phi) is 3.13. The second kappa shape index (κ2) is 4.73. The van der Waals surface area contributed by atoms with Gasteiger partial charge in [-0.15, -0.1) is 11.3 Å². The molecule has 2 heterocycles. The molecule has 0 bridgehead atoms. The van der Waals surface area contributed by atoms with Gasteiger partial charge in [0.05, 0.1) is 35.2 Å². The molecule has 0 aliphatic carbocycles. The summed E-state index contributed by atoms with van der Waals surface area (Å²) in [6.45, 7) is 0.684. The number of hydrogen-bond acceptors (Lipinski definition) is 5. The molecule has 2 rings (SSSR count). The average molecular weight is 230 g/mol. The molecular formula is C11H10N4S. The molecule has 0 amide bonds. The van der Waals surface area contributed by atoms with Crippen molar-refractivity contribution in [2.45, 2.75) is 6.54 Å². The van der Waals surface area contributed by atoms with Crippen LogP contribution in [0.25, 0.3) is 0 Å². The highest BCUT2D eigenvalue weighted by atomic mass is 32.1. The Morgan fingerprint density at radius 3 is 3.12 bits per heavy atom. The Morgan fingerprint density at radius 2 is 2.44 bits per heavy atom. The van der Waals surface area contributed by atoms with Gasteiger partial charge >= 0.3 is 0 Å². The van der Waals surface area contributed by atoms with Crippen molar-refractivity contribution in [1.82, 2.24) is 9.97 Å². The van der Waals surface area contributed by atoms with Gasteiger partial charge in [0.15, 0.2) is 0 Å². The molecule has 0 aromatic carbocycles. The number of anilines is 1. The van der Waals surface area contributed by atoms with Crippen molar-refractivity contribution in [2.75, 3.05) is 11.9 Å². The monoisotopic (exact) mass is 230 g/mol. The lowest BCUT2D eigenvalue weighted by Gasteiger charge is -2.18. The van der Waals surface area contributed by atoms with Crippen LogP contribution in [-0.4, -0.2) is 17.0 Å². The summed E-state index contributed by atoms with van der Waals surface area (Å²) in [5, 5.41) is 11.0. The lowest BCUT2D eigenvalue weighted by Crippen LogP contribution is -2.17. The summed E-state index contributed by atoms with van der Waals surface area (Å²) >= 11 is 1.57. The van der Waals surface area contributed by atoms with E-state index >= 15 is 0 Å². The van der Waals surface area contributed by atoms with Gasteiger partial charge in [-0.1, -0.05) is 0 Å². The van der Waals surface area contributed by atoms with E-state index in [1.165, 1.54) is 0 Å². The van der Waals surface area contributed by atoms with E-state index in [-0.39, 0.29) is 0 Å². The van der Waals surface area contributed by atoms with Crippen LogP contribution >= 0.6 is 11.3 Å². The molecule has 0 saturated carbocycles. The van der Waals surface area contributed by atoms with E-state index in [1.54, 1.807) is 35.3 Å². The van der Waals surface area contributed by atoms with Crippen molar-refractivity contribution in [2.24, 2.45) is 0 Å². The highest BCUT2D eigenvalue weighted by molar-refractivity contribution is 7.07. The van der Waals surface area contributed by atoms with Crippen LogP contribution in [-0.2, 0) is 6.54 Å². The van der Waals surface area contributed by atoms with E-state index < -0.39 is 0 Å². The Labute approximate surface area is 97.8 Å². The van der Waals surface area contributed by atoms with Crippen LogP contribution < -0.4 is 4.90 Å². The fraction of sp³-hybridized carbons (Fsp3) is 0.182. The first-order valence-corrected chi connectivity index (χ1v) is 5.68. The molecule has 0 fully saturated rings. The van der Waals surface area contributed by atoms with Gasteiger partial charge in [0.25, 0.3) is 0 Å². The molecule has 5 heteroatoms. The molecular weight excluding hydrogens is 220 g/mol. The van der Waals surface area contributed by atoms with Crippen LogP contribution in [0.3, 0.4) is 0 Å². The topological polar surface area (TPSA) is 52.8 Å². The third-order valence-electron chi connectivity index (χ3n) is 2.21. The average Bonchev–Trinajstić information content (AvgIpc) is 2.81. The Balaban J connectivity index is 2.21. The van der Waals surface area contributed by atoms with Gasteiger partial charge in [0.1, 0.15) is 6.07 Å². The molecule has 0 aliphatic heterocycles. The van der Waals surface area contributed by atoms with Gasteiger partial charge in [-0.3, -0.25) is 4.98 Å². The number of rotatable bonds is 3. The predicted molar refractivity (Wildman–Crippen MR) is 63.2 cm³/mol. The summed E-state index contributed by atoms with van der Waals surface area (Å²) in [7, 11) is 1.93. The second-order valence-electron chi connectivity index (χ2n) is 3.34. The maximum atomic E-state index is 8.98. The number of nitrogens with zero attached hydrogens (tertiary/aromatic N) is 4. The Hall–Kier alpha value is -1.93. The predicted octanol–water partition coefficient (Wildman–Crippen LogP) is 2.05. The maximum absolute atomic E-state index is 8.98. The summed E-state index contributed by atoms with van der Waals surface area (Å²) in [5.74, 6) is 0. The van der Waals surface area contributed by atoms with Gasteiger partial charge in [0, 0.05) is 18.6 Å². The number of aromatic nitrogens is 2. The quantitative estimate of drug-likeness (QED) is 0.809. The van der Waals surface area contributed by atoms with Crippen LogP contribution in [0.4, 0.5) is 5.69 Å². The van der Waals surface area contributed by atoms with E-state index in [0.29, 0.717) is 12.1 Å². The zero-order chi connectivity index (χ0) is 11.4. The lowest BCUT2D eigenvalue weighted by atomic mass is 10.2. The standard InChI is InChI=1S/C11H10N4S/c1-15(6-10-7-16-8-14-10)11-5-13-3-2-9(11)4-12/h2-3,5,7-8H,6H2,1H3. The van der Waals surface area contributed by atoms with Crippen molar-refractivity contribution in [1.29, 1.82) is 5.26 Å². The normalized spacial score (nSPS) is 9.75. The molecule has 0 saturated heterocycles. The zero-order valence-electron chi connectivity index (χ0n) is 8.79. The van der Waals surface area contributed by atoms with E-state index in [2.05, 4.69) is 16.0 Å². The molecule has 0 spiro atoms. The van der Waals surface area contributed by atoms with E-state index in [1.807, 2.05) is 17.3 Å². The van der Waals surface area contributed by atoms with Crippen molar-refractivity contribution in [3.63, 3.8) is 0 Å². The lowest BCUT2D eigenvalue weighted by molar-refractivity contribution is 0.889. The Morgan fingerprint density at radius 1 is 1.56 bits per heavy atom. The molecule has 0 atom stereocenters. The summed E-state index contributed by atoms with van der Waals surface area (Å²) < 4.78 is 0. The van der Waals surface area contributed by atoms with E-state index in [4.69, 9.17) is 5.26 Å². The summed E-state index contributed by atoms with van der Waals surface area (Å²) in [6.07, 6.45) is 3.32. The van der Waals surface area contributed by atoms with E-state index in [0.717, 1.165) is 11.4 Å². The molecule has 0 N–H and O–H groups in total. The molecule has 16 heavy (non-hydrogen) atoms. The van der Waals surface area contributed by atoms with Crippen molar-refractivity contribution >= 4 is 17.0 Å². The summed E-state index contributed by atoms with van der Waals surface area (Å²) in [4.78, 5) is 10.2. The zero-order valence-corrected chi connectivity index (χ0v) is 9.61. The molecule has 0 unspecified atom stereocenters. The molecule has 4 nitrogen and oxygen atoms in total. The first-order chi connectivity index (χ1) is 7.81. The second-order valence-corrected chi connectivity index (χ2v) is 4.06. The summed E-state index contributed by atoms with van der Waals surface area (Å²) in [5.41, 5.74) is 4.27. The van der Waals surface area contributed by atoms with Gasteiger partial charge in [-0.05, 0) is 6.07 Å². The highest BCUT2D eigenvalue weighted by Gasteiger charge is 2.08. The fourth-order valence-corrected chi connectivity index (χ4v) is 1.98. The smallest absolute Gasteiger partial charge is 0.101 e. The largest absolute Gasteiger partial charge is 0.366 e. The third-order valence-corrected chi connectivity index (χ3v) is 2.85. The summed E-state index contributed by atoms with van der Waals surface area (Å²) in [6, 6.07) is 3.87. The molecule has 2 aromatic rings. The molecule has 0 radical (unpaired) electrons. The van der Waals surface area contributed by atoms with Crippen molar-refractivity contribution < 1.29 is 0 Å². The molecule has 0 aliphatic rings. The molecule has 2 aromatic heterocycles. The van der Waals surface area contributed by atoms with Crippen LogP contribution in [0.5, 0.6) is 0 Å². The molecule has 80 valence electrons. The first kappa shape index (κ1) is 10.6. The minimum absolute atomic E-state index is 0.632. The van der Waals surface area contributed by atoms with Crippen molar-refractivity contribution in [3.8, 4) is 6.07 Å². The van der Waals surface area contributed by atoms with Crippen LogP contribution in [0.1, 0.15) is 11.3 Å². The number of pyridine rings is 1. The van der Waals surface area contributed by atoms with Gasteiger partial charge in [-0.2, -0.15) is 5.26 Å². The minimum Gasteiger partial charge on any atom is -0.366 e. The van der Waals surface area contributed by atoms with Crippen LogP contribution in [0.2, 0.25) is 0 Å². The number of hydrogen-bond donors (Lipinski definition) is 0. The van der Waals surface area contributed by atoms with E-state index in [9.17, 15) is 0 Å². The fourth-order valence-electron chi connectivity index (χ4n) is 1.43. The first-order valence-electron chi connectivity index (χ1n) is 4.73. The van der Waals surface area contributed by atoms with Gasteiger partial charge < -0.3 is 4.90 Å². The van der Waals surface area contributed by atoms with Crippen LogP contribution in [0.15, 0.2) is 29.4 Å².